The molecule has 1 fully saturated rings. The van der Waals surface area contributed by atoms with E-state index >= 15 is 0 Å². The number of halogens is 3. The number of hydrogen-bond donors (Lipinski definition) is 2. The van der Waals surface area contributed by atoms with Crippen LogP contribution in [0.15, 0.2) is 41.1 Å². The van der Waals surface area contributed by atoms with Crippen molar-refractivity contribution >= 4 is 23.2 Å². The summed E-state index contributed by atoms with van der Waals surface area (Å²) in [6, 6.07) is 9.56. The maximum atomic E-state index is 12.5. The van der Waals surface area contributed by atoms with Crippen molar-refractivity contribution < 1.29 is 13.6 Å². The lowest BCUT2D eigenvalue weighted by Crippen LogP contribution is -2.38. The first-order valence-corrected chi connectivity index (χ1v) is 7.69. The first-order valence-electron chi connectivity index (χ1n) is 7.32. The predicted molar refractivity (Wildman–Crippen MR) is 85.7 cm³/mol. The molecule has 0 unspecified atom stereocenters. The maximum absolute atomic E-state index is 12.5. The zero-order valence-corrected chi connectivity index (χ0v) is 13.2. The van der Waals surface area contributed by atoms with Gasteiger partial charge in [-0.15, -0.1) is 0 Å². The lowest BCUT2D eigenvalue weighted by Gasteiger charge is -2.19. The van der Waals surface area contributed by atoms with Crippen LogP contribution < -0.4 is 5.32 Å². The summed E-state index contributed by atoms with van der Waals surface area (Å²) >= 11 is 6.20. The summed E-state index contributed by atoms with van der Waals surface area (Å²) in [6.07, 6.45) is -1.70. The Hall–Kier alpha value is -1.95. The summed E-state index contributed by atoms with van der Waals surface area (Å²) in [5.41, 5.74) is 1.08. The van der Waals surface area contributed by atoms with Crippen molar-refractivity contribution in [3.05, 3.63) is 46.6 Å². The highest BCUT2D eigenvalue weighted by atomic mass is 35.5. The third-order valence-electron chi connectivity index (χ3n) is 3.57. The first-order chi connectivity index (χ1) is 11.0. The van der Waals surface area contributed by atoms with Crippen molar-refractivity contribution in [3.8, 4) is 0 Å². The number of benzene rings is 1. The molecule has 0 bridgehead atoms. The van der Waals surface area contributed by atoms with Crippen LogP contribution in [0.1, 0.15) is 18.4 Å². The molecule has 0 atom stereocenters. The number of alkyl halides is 2. The summed E-state index contributed by atoms with van der Waals surface area (Å²) in [6.45, 7) is 0.0207. The molecule has 1 amide bonds. The van der Waals surface area contributed by atoms with Crippen LogP contribution in [0.2, 0.25) is 0 Å². The molecule has 0 aliphatic carbocycles. The van der Waals surface area contributed by atoms with Gasteiger partial charge in [0.05, 0.1) is 6.54 Å². The number of amides is 1. The van der Waals surface area contributed by atoms with E-state index in [-0.39, 0.29) is 17.4 Å². The molecule has 0 radical (unpaired) electrons. The van der Waals surface area contributed by atoms with Crippen LogP contribution in [-0.2, 0) is 11.3 Å². The van der Waals surface area contributed by atoms with Gasteiger partial charge in [-0.25, -0.2) is 8.78 Å². The Morgan fingerprint density at radius 3 is 2.70 bits per heavy atom. The Balaban J connectivity index is 2.08. The lowest BCUT2D eigenvalue weighted by atomic mass is 10.1. The minimum absolute atomic E-state index is 0.206. The first kappa shape index (κ1) is 17.4. The monoisotopic (exact) mass is 341 g/mol. The van der Waals surface area contributed by atoms with E-state index in [1.807, 2.05) is 30.3 Å². The summed E-state index contributed by atoms with van der Waals surface area (Å²) in [5, 5.41) is 11.2. The van der Waals surface area contributed by atoms with Crippen LogP contribution in [0.25, 0.3) is 0 Å². The number of rotatable bonds is 5. The van der Waals surface area contributed by atoms with E-state index in [0.29, 0.717) is 25.0 Å². The largest absolute Gasteiger partial charge is 0.371 e. The molecule has 1 heterocycles. The third kappa shape index (κ3) is 4.76. The number of likely N-dealkylation sites (tertiary alicyclic amines) is 1. The molecule has 124 valence electrons. The maximum Gasteiger partial charge on any atom is 0.272 e. The van der Waals surface area contributed by atoms with Gasteiger partial charge in [-0.1, -0.05) is 41.9 Å². The van der Waals surface area contributed by atoms with Gasteiger partial charge in [0.2, 0.25) is 0 Å². The van der Waals surface area contributed by atoms with Crippen LogP contribution in [0.5, 0.6) is 0 Å². The molecule has 0 saturated carbocycles. The van der Waals surface area contributed by atoms with Gasteiger partial charge in [-0.05, 0) is 18.4 Å². The van der Waals surface area contributed by atoms with E-state index in [1.54, 1.807) is 0 Å². The van der Waals surface area contributed by atoms with E-state index < -0.39 is 18.9 Å². The topological polar surface area (TPSA) is 56.2 Å². The van der Waals surface area contributed by atoms with Gasteiger partial charge in [0.15, 0.2) is 0 Å². The second-order valence-electron chi connectivity index (χ2n) is 5.25. The number of nitrogens with one attached hydrogen (secondary N) is 2. The van der Waals surface area contributed by atoms with Crippen LogP contribution >= 0.6 is 11.6 Å². The number of nitrogens with zero attached hydrogens (tertiary/aromatic N) is 1. The van der Waals surface area contributed by atoms with Crippen molar-refractivity contribution in [1.29, 1.82) is 5.41 Å². The fraction of sp³-hybridized carbons (Fsp3) is 0.375. The SMILES string of the molecule is N=C1C(=O)N(CC(F)F)CCC/C1=C(\Cl)NCc1ccccc1. The Morgan fingerprint density at radius 1 is 1.35 bits per heavy atom. The van der Waals surface area contributed by atoms with Crippen molar-refractivity contribution in [1.82, 2.24) is 10.2 Å². The molecule has 1 saturated heterocycles. The van der Waals surface area contributed by atoms with Crippen molar-refractivity contribution in [3.63, 3.8) is 0 Å². The van der Waals surface area contributed by atoms with Gasteiger partial charge in [-0.2, -0.15) is 0 Å². The predicted octanol–water partition coefficient (Wildman–Crippen LogP) is 3.13. The van der Waals surface area contributed by atoms with Crippen molar-refractivity contribution in [2.75, 3.05) is 13.1 Å². The molecule has 1 aliphatic heterocycles. The Labute approximate surface area is 138 Å². The van der Waals surface area contributed by atoms with E-state index in [4.69, 9.17) is 17.0 Å². The Morgan fingerprint density at radius 2 is 2.04 bits per heavy atom. The Kier molecular flexibility index (Phi) is 6.10. The molecule has 0 aromatic heterocycles. The van der Waals surface area contributed by atoms with Crippen LogP contribution in [0, 0.1) is 5.41 Å². The van der Waals surface area contributed by atoms with Gasteiger partial charge >= 0.3 is 0 Å². The molecule has 2 N–H and O–H groups in total. The van der Waals surface area contributed by atoms with Gasteiger partial charge in [0, 0.05) is 18.7 Å². The zero-order valence-electron chi connectivity index (χ0n) is 12.5. The molecule has 2 rings (SSSR count). The highest BCUT2D eigenvalue weighted by molar-refractivity contribution is 6.46. The lowest BCUT2D eigenvalue weighted by molar-refractivity contribution is -0.125. The fourth-order valence-corrected chi connectivity index (χ4v) is 2.66. The summed E-state index contributed by atoms with van der Waals surface area (Å²) in [4.78, 5) is 13.1. The van der Waals surface area contributed by atoms with Crippen LogP contribution in [0.4, 0.5) is 8.78 Å². The number of carbonyl (C=O) groups excluding carboxylic acids is 1. The average Bonchev–Trinajstić information content (AvgIpc) is 2.67. The van der Waals surface area contributed by atoms with E-state index in [0.717, 1.165) is 10.5 Å². The number of hydrogen-bond acceptors (Lipinski definition) is 3. The van der Waals surface area contributed by atoms with E-state index in [1.165, 1.54) is 0 Å². The molecule has 0 spiro atoms. The molecule has 7 heteroatoms. The molecule has 4 nitrogen and oxygen atoms in total. The van der Waals surface area contributed by atoms with Gasteiger partial charge in [-0.3, -0.25) is 10.2 Å². The highest BCUT2D eigenvalue weighted by Crippen LogP contribution is 2.20. The second-order valence-corrected chi connectivity index (χ2v) is 5.63. The van der Waals surface area contributed by atoms with Gasteiger partial charge < -0.3 is 10.2 Å². The quantitative estimate of drug-likeness (QED) is 0.808. The molecule has 1 aliphatic rings. The fourth-order valence-electron chi connectivity index (χ4n) is 2.40. The molecule has 1 aromatic rings. The third-order valence-corrected chi connectivity index (χ3v) is 3.93. The summed E-state index contributed by atoms with van der Waals surface area (Å²) in [5.74, 6) is -0.697. The summed E-state index contributed by atoms with van der Waals surface area (Å²) in [7, 11) is 0. The van der Waals surface area contributed by atoms with E-state index in [2.05, 4.69) is 5.32 Å². The standard InChI is InChI=1S/C16H18ClF2N3O/c17-15(21-9-11-5-2-1-3-6-11)12-7-4-8-22(10-13(18)19)16(23)14(12)20/h1-3,5-6,13,20-21H,4,7-10H2/b15-12-,20-14?. The highest BCUT2D eigenvalue weighted by Gasteiger charge is 2.28. The van der Waals surface area contributed by atoms with Gasteiger partial charge in [0.25, 0.3) is 12.3 Å². The van der Waals surface area contributed by atoms with Gasteiger partial charge in [0.1, 0.15) is 10.9 Å². The molecular weight excluding hydrogens is 324 g/mol. The van der Waals surface area contributed by atoms with Crippen molar-refractivity contribution in [2.24, 2.45) is 0 Å². The smallest absolute Gasteiger partial charge is 0.272 e. The average molecular weight is 342 g/mol. The van der Waals surface area contributed by atoms with Crippen LogP contribution in [0.3, 0.4) is 0 Å². The molecule has 1 aromatic carbocycles. The van der Waals surface area contributed by atoms with E-state index in [9.17, 15) is 13.6 Å². The number of carbonyl (C=O) groups is 1. The zero-order chi connectivity index (χ0) is 16.8. The minimum Gasteiger partial charge on any atom is -0.371 e. The Bertz CT molecular complexity index is 605. The molecule has 23 heavy (non-hydrogen) atoms. The van der Waals surface area contributed by atoms with Crippen molar-refractivity contribution in [2.45, 2.75) is 25.8 Å². The second kappa shape index (κ2) is 8.06. The normalized spacial score (nSPS) is 18.2. The molecular formula is C16H18ClF2N3O. The minimum atomic E-state index is -2.61. The van der Waals surface area contributed by atoms with Crippen LogP contribution in [-0.4, -0.2) is 36.0 Å². The summed E-state index contributed by atoms with van der Waals surface area (Å²) < 4.78 is 25.0.